The number of unbranched alkanes of at least 4 members (excludes halogenated alkanes) is 11. The van der Waals surface area contributed by atoms with Crippen molar-refractivity contribution in [1.82, 2.24) is 0 Å². The predicted molar refractivity (Wildman–Crippen MR) is 156 cm³/mol. The number of anilines is 1. The van der Waals surface area contributed by atoms with Crippen LogP contribution in [0.4, 0.5) is 5.69 Å². The zero-order valence-electron chi connectivity index (χ0n) is 22.8. The van der Waals surface area contributed by atoms with E-state index in [-0.39, 0.29) is 5.91 Å². The lowest BCUT2D eigenvalue weighted by Gasteiger charge is -2.13. The number of nitrogens with zero attached hydrogens (tertiary/aromatic N) is 1. The normalized spacial score (nSPS) is 11.0. The molecule has 1 N–H and O–H groups in total. The fourth-order valence-corrected chi connectivity index (χ4v) is 5.37. The Morgan fingerprint density at radius 2 is 1.46 bits per heavy atom. The molecule has 2 aromatic carbocycles. The average molecular weight is 522 g/mol. The largest absolute Gasteiger partial charge is 0.491 e. The Kier molecular flexibility index (Phi) is 13.3. The minimum absolute atomic E-state index is 0.106. The van der Waals surface area contributed by atoms with Gasteiger partial charge in [-0.1, -0.05) is 119 Å². The highest BCUT2D eigenvalue weighted by atomic mass is 32.1. The standard InChI is InChI=1S/C32H44N2O2S/c1-3-4-5-6-7-8-9-10-11-12-13-18-23-36-31-22-17-16-21-30(31)33-32(35)29-20-15-14-19-28(29)24-34-26-37-25-27(34)2/h14-17,19-22,25-26H,3-13,18,23-24H2,1-2H3/p+1. The van der Waals surface area contributed by atoms with Gasteiger partial charge in [0.25, 0.3) is 5.91 Å². The van der Waals surface area contributed by atoms with Gasteiger partial charge in [0.15, 0.2) is 12.2 Å². The van der Waals surface area contributed by atoms with Crippen LogP contribution in [-0.4, -0.2) is 12.5 Å². The van der Waals surface area contributed by atoms with Crippen molar-refractivity contribution >= 4 is 22.9 Å². The molecule has 3 rings (SSSR count). The molecule has 0 fully saturated rings. The fraction of sp³-hybridized carbons (Fsp3) is 0.500. The number of rotatable bonds is 18. The number of benzene rings is 2. The van der Waals surface area contributed by atoms with Crippen LogP contribution in [0.25, 0.3) is 0 Å². The summed E-state index contributed by atoms with van der Waals surface area (Å²) in [5.41, 5.74) is 5.69. The molecular formula is C32H45N2O2S+. The second-order valence-corrected chi connectivity index (χ2v) is 10.7. The molecule has 5 heteroatoms. The van der Waals surface area contributed by atoms with Gasteiger partial charge in [-0.15, -0.1) is 0 Å². The summed E-state index contributed by atoms with van der Waals surface area (Å²) in [6.07, 6.45) is 15.9. The number of nitrogens with one attached hydrogen (secondary N) is 1. The first-order chi connectivity index (χ1) is 18.2. The maximum atomic E-state index is 13.2. The number of carbonyl (C=O) groups is 1. The highest BCUT2D eigenvalue weighted by Crippen LogP contribution is 2.25. The van der Waals surface area contributed by atoms with E-state index in [1.54, 1.807) is 11.3 Å². The van der Waals surface area contributed by atoms with Crippen LogP contribution in [0.5, 0.6) is 5.75 Å². The molecule has 0 aliphatic carbocycles. The number of ether oxygens (including phenoxy) is 1. The molecule has 3 aromatic rings. The van der Waals surface area contributed by atoms with Crippen molar-refractivity contribution in [1.29, 1.82) is 0 Å². The first-order valence-corrected chi connectivity index (χ1v) is 15.2. The molecule has 0 saturated heterocycles. The van der Waals surface area contributed by atoms with Gasteiger partial charge in [0.1, 0.15) is 5.75 Å². The number of para-hydroxylation sites is 2. The maximum Gasteiger partial charge on any atom is 0.256 e. The van der Waals surface area contributed by atoms with E-state index in [0.717, 1.165) is 23.4 Å². The van der Waals surface area contributed by atoms with Crippen molar-refractivity contribution in [2.24, 2.45) is 0 Å². The van der Waals surface area contributed by atoms with E-state index in [0.29, 0.717) is 18.7 Å². The van der Waals surface area contributed by atoms with Crippen LogP contribution in [0.15, 0.2) is 59.4 Å². The van der Waals surface area contributed by atoms with E-state index in [9.17, 15) is 4.79 Å². The van der Waals surface area contributed by atoms with Crippen LogP contribution < -0.4 is 14.6 Å². The molecule has 1 heterocycles. The Labute approximate surface area is 228 Å². The average Bonchev–Trinajstić information content (AvgIpc) is 3.32. The van der Waals surface area contributed by atoms with Gasteiger partial charge in [-0.25, -0.2) is 0 Å². The van der Waals surface area contributed by atoms with Crippen molar-refractivity contribution in [2.45, 2.75) is 97.4 Å². The van der Waals surface area contributed by atoms with Crippen LogP contribution in [-0.2, 0) is 6.54 Å². The SMILES string of the molecule is CCCCCCCCCCCCCCOc1ccccc1NC(=O)c1ccccc1C[n+]1cscc1C. The quantitative estimate of drug-likeness (QED) is 0.134. The Bertz CT molecular complexity index is 1060. The summed E-state index contributed by atoms with van der Waals surface area (Å²) >= 11 is 1.67. The van der Waals surface area contributed by atoms with Crippen LogP contribution in [0.1, 0.15) is 106 Å². The number of hydrogen-bond donors (Lipinski definition) is 1. The molecule has 0 saturated carbocycles. The zero-order chi connectivity index (χ0) is 26.1. The van der Waals surface area contributed by atoms with E-state index >= 15 is 0 Å². The Morgan fingerprint density at radius 3 is 2.14 bits per heavy atom. The molecule has 0 spiro atoms. The van der Waals surface area contributed by atoms with Gasteiger partial charge >= 0.3 is 0 Å². The number of hydrogen-bond acceptors (Lipinski definition) is 3. The maximum absolute atomic E-state index is 13.2. The van der Waals surface area contributed by atoms with Crippen molar-refractivity contribution in [3.8, 4) is 5.75 Å². The highest BCUT2D eigenvalue weighted by Gasteiger charge is 2.17. The van der Waals surface area contributed by atoms with Gasteiger partial charge < -0.3 is 10.1 Å². The smallest absolute Gasteiger partial charge is 0.256 e. The molecule has 0 atom stereocenters. The van der Waals surface area contributed by atoms with E-state index in [4.69, 9.17) is 4.74 Å². The third-order valence-corrected chi connectivity index (χ3v) is 7.73. The molecule has 1 amide bonds. The van der Waals surface area contributed by atoms with E-state index < -0.39 is 0 Å². The Morgan fingerprint density at radius 1 is 0.838 bits per heavy atom. The Hall–Kier alpha value is -2.66. The zero-order valence-corrected chi connectivity index (χ0v) is 23.7. The van der Waals surface area contributed by atoms with Crippen molar-refractivity contribution < 1.29 is 14.1 Å². The summed E-state index contributed by atoms with van der Waals surface area (Å²) in [6, 6.07) is 15.6. The number of thiazole rings is 1. The Balaban J connectivity index is 1.39. The summed E-state index contributed by atoms with van der Waals surface area (Å²) in [5, 5.41) is 5.21. The van der Waals surface area contributed by atoms with Crippen molar-refractivity contribution in [2.75, 3.05) is 11.9 Å². The lowest BCUT2D eigenvalue weighted by Crippen LogP contribution is -2.35. The first-order valence-electron chi connectivity index (χ1n) is 14.2. The molecule has 0 unspecified atom stereocenters. The minimum Gasteiger partial charge on any atom is -0.491 e. The van der Waals surface area contributed by atoms with E-state index in [1.807, 2.05) is 48.5 Å². The van der Waals surface area contributed by atoms with Gasteiger partial charge in [-0.2, -0.15) is 4.57 Å². The van der Waals surface area contributed by atoms with Crippen LogP contribution in [0.2, 0.25) is 0 Å². The number of aryl methyl sites for hydroxylation is 1. The van der Waals surface area contributed by atoms with E-state index in [1.165, 1.54) is 76.3 Å². The first kappa shape index (κ1) is 28.9. The molecule has 1 aromatic heterocycles. The molecule has 0 bridgehead atoms. The number of aromatic nitrogens is 1. The summed E-state index contributed by atoms with van der Waals surface area (Å²) in [6.45, 7) is 5.71. The van der Waals surface area contributed by atoms with Crippen LogP contribution >= 0.6 is 11.3 Å². The summed E-state index contributed by atoms with van der Waals surface area (Å²) in [5.74, 6) is 0.630. The summed E-state index contributed by atoms with van der Waals surface area (Å²) < 4.78 is 8.25. The number of amides is 1. The van der Waals surface area contributed by atoms with Crippen LogP contribution in [0, 0.1) is 6.92 Å². The molecule has 0 aliphatic heterocycles. The predicted octanol–water partition coefficient (Wildman–Crippen LogP) is 8.72. The number of carbonyl (C=O) groups excluding carboxylic acids is 1. The van der Waals surface area contributed by atoms with Crippen molar-refractivity contribution in [3.63, 3.8) is 0 Å². The highest BCUT2D eigenvalue weighted by molar-refractivity contribution is 7.07. The topological polar surface area (TPSA) is 42.2 Å². The lowest BCUT2D eigenvalue weighted by atomic mass is 10.1. The van der Waals surface area contributed by atoms with Gasteiger partial charge in [0, 0.05) is 18.1 Å². The van der Waals surface area contributed by atoms with Gasteiger partial charge in [0.05, 0.1) is 17.7 Å². The second-order valence-electron chi connectivity index (χ2n) is 9.97. The molecule has 37 heavy (non-hydrogen) atoms. The third-order valence-electron chi connectivity index (χ3n) is 6.87. The monoisotopic (exact) mass is 521 g/mol. The molecule has 4 nitrogen and oxygen atoms in total. The van der Waals surface area contributed by atoms with Gasteiger partial charge in [-0.3, -0.25) is 4.79 Å². The molecule has 200 valence electrons. The van der Waals surface area contributed by atoms with Crippen molar-refractivity contribution in [3.05, 3.63) is 76.2 Å². The summed E-state index contributed by atoms with van der Waals surface area (Å²) in [7, 11) is 0. The molecular weight excluding hydrogens is 476 g/mol. The van der Waals surface area contributed by atoms with Gasteiger partial charge in [0.2, 0.25) is 5.51 Å². The van der Waals surface area contributed by atoms with E-state index in [2.05, 4.69) is 34.6 Å². The third kappa shape index (κ3) is 10.3. The second kappa shape index (κ2) is 17.0. The fourth-order valence-electron chi connectivity index (χ4n) is 4.59. The van der Waals surface area contributed by atoms with Crippen LogP contribution in [0.3, 0.4) is 0 Å². The molecule has 0 radical (unpaired) electrons. The minimum atomic E-state index is -0.106. The lowest BCUT2D eigenvalue weighted by molar-refractivity contribution is -0.689. The van der Waals surface area contributed by atoms with Gasteiger partial charge in [-0.05, 0) is 24.6 Å². The summed E-state index contributed by atoms with van der Waals surface area (Å²) in [4.78, 5) is 13.2. The molecule has 0 aliphatic rings.